The molecule has 0 spiro atoms. The summed E-state index contributed by atoms with van der Waals surface area (Å²) in [5, 5.41) is 19.0. The summed E-state index contributed by atoms with van der Waals surface area (Å²) in [6.45, 7) is 5.68. The van der Waals surface area contributed by atoms with Gasteiger partial charge < -0.3 is 10.2 Å². The molecule has 1 unspecified atom stereocenters. The Morgan fingerprint density at radius 2 is 2.18 bits per heavy atom. The number of carboxylic acid groups (broad SMARTS) is 1. The van der Waals surface area contributed by atoms with Gasteiger partial charge in [0.2, 0.25) is 0 Å². The fraction of sp³-hybridized carbons (Fsp3) is 0.583. The van der Waals surface area contributed by atoms with Crippen molar-refractivity contribution in [1.82, 2.24) is 0 Å². The Morgan fingerprint density at radius 1 is 1.59 bits per heavy atom. The van der Waals surface area contributed by atoms with E-state index in [0.717, 1.165) is 14.2 Å². The second kappa shape index (κ2) is 5.50. The Balaban J connectivity index is 2.75. The highest BCUT2D eigenvalue weighted by molar-refractivity contribution is 9.11. The number of aliphatic carboxylic acids is 1. The van der Waals surface area contributed by atoms with E-state index in [9.17, 15) is 9.90 Å². The van der Waals surface area contributed by atoms with E-state index in [1.54, 1.807) is 11.3 Å². The van der Waals surface area contributed by atoms with Gasteiger partial charge in [-0.25, -0.2) is 0 Å². The SMILES string of the molecule is Cc1sc(Br)cc1C(O)CC(C)(C)CC(=O)O. The maximum Gasteiger partial charge on any atom is 0.303 e. The van der Waals surface area contributed by atoms with Crippen molar-refractivity contribution in [2.75, 3.05) is 0 Å². The van der Waals surface area contributed by atoms with Crippen molar-refractivity contribution >= 4 is 33.2 Å². The van der Waals surface area contributed by atoms with E-state index in [2.05, 4.69) is 15.9 Å². The molecule has 1 heterocycles. The third-order valence-corrected chi connectivity index (χ3v) is 4.23. The molecule has 1 aromatic rings. The summed E-state index contributed by atoms with van der Waals surface area (Å²) in [6.07, 6.45) is -0.0931. The van der Waals surface area contributed by atoms with Crippen LogP contribution in [0.3, 0.4) is 0 Å². The Labute approximate surface area is 114 Å². The van der Waals surface area contributed by atoms with Crippen molar-refractivity contribution in [3.05, 3.63) is 20.3 Å². The first-order valence-corrected chi connectivity index (χ1v) is 6.98. The van der Waals surface area contributed by atoms with E-state index >= 15 is 0 Å². The lowest BCUT2D eigenvalue weighted by atomic mass is 9.82. The zero-order valence-electron chi connectivity index (χ0n) is 10.2. The number of hydrogen-bond donors (Lipinski definition) is 2. The zero-order valence-corrected chi connectivity index (χ0v) is 12.6. The molecule has 1 atom stereocenters. The van der Waals surface area contributed by atoms with Crippen LogP contribution in [0.15, 0.2) is 9.85 Å². The monoisotopic (exact) mass is 320 g/mol. The summed E-state index contributed by atoms with van der Waals surface area (Å²) in [7, 11) is 0. The molecule has 0 saturated heterocycles. The van der Waals surface area contributed by atoms with Gasteiger partial charge in [0.15, 0.2) is 0 Å². The number of rotatable bonds is 5. The van der Waals surface area contributed by atoms with Gasteiger partial charge in [-0.05, 0) is 46.3 Å². The van der Waals surface area contributed by atoms with Crippen LogP contribution in [0, 0.1) is 12.3 Å². The molecule has 0 fully saturated rings. The fourth-order valence-electron chi connectivity index (χ4n) is 1.90. The van der Waals surface area contributed by atoms with Crippen molar-refractivity contribution < 1.29 is 15.0 Å². The highest BCUT2D eigenvalue weighted by Gasteiger charge is 2.27. The first-order chi connectivity index (χ1) is 7.71. The third-order valence-electron chi connectivity index (χ3n) is 2.66. The topological polar surface area (TPSA) is 57.5 Å². The van der Waals surface area contributed by atoms with E-state index in [1.165, 1.54) is 0 Å². The molecule has 0 bridgehead atoms. The number of carbonyl (C=O) groups is 1. The molecule has 0 saturated carbocycles. The molecule has 0 aliphatic carbocycles. The van der Waals surface area contributed by atoms with Crippen LogP contribution in [0.2, 0.25) is 0 Å². The molecule has 0 radical (unpaired) electrons. The Morgan fingerprint density at radius 3 is 2.59 bits per heavy atom. The van der Waals surface area contributed by atoms with Crippen molar-refractivity contribution in [2.24, 2.45) is 5.41 Å². The first-order valence-electron chi connectivity index (χ1n) is 5.37. The molecule has 96 valence electrons. The van der Waals surface area contributed by atoms with Crippen LogP contribution in [-0.4, -0.2) is 16.2 Å². The van der Waals surface area contributed by atoms with Crippen molar-refractivity contribution in [3.63, 3.8) is 0 Å². The third kappa shape index (κ3) is 4.41. The number of aryl methyl sites for hydroxylation is 1. The lowest BCUT2D eigenvalue weighted by Gasteiger charge is -2.25. The van der Waals surface area contributed by atoms with Gasteiger partial charge in [-0.1, -0.05) is 13.8 Å². The number of halogens is 1. The summed E-state index contributed by atoms with van der Waals surface area (Å²) < 4.78 is 0.986. The molecule has 1 rings (SSSR count). The summed E-state index contributed by atoms with van der Waals surface area (Å²) in [5.74, 6) is -0.828. The average Bonchev–Trinajstić information content (AvgIpc) is 2.41. The second-order valence-electron chi connectivity index (χ2n) is 5.02. The molecule has 1 aromatic heterocycles. The van der Waals surface area contributed by atoms with Gasteiger partial charge in [0.25, 0.3) is 0 Å². The summed E-state index contributed by atoms with van der Waals surface area (Å²) in [6, 6.07) is 1.90. The molecule has 0 aromatic carbocycles. The average molecular weight is 321 g/mol. The van der Waals surface area contributed by atoms with E-state index in [0.29, 0.717) is 6.42 Å². The van der Waals surface area contributed by atoms with Crippen LogP contribution in [0.25, 0.3) is 0 Å². The van der Waals surface area contributed by atoms with Crippen LogP contribution < -0.4 is 0 Å². The number of hydrogen-bond acceptors (Lipinski definition) is 3. The summed E-state index contributed by atoms with van der Waals surface area (Å²) in [4.78, 5) is 11.8. The molecule has 17 heavy (non-hydrogen) atoms. The van der Waals surface area contributed by atoms with Crippen LogP contribution in [-0.2, 0) is 4.79 Å². The summed E-state index contributed by atoms with van der Waals surface area (Å²) >= 11 is 4.96. The first kappa shape index (κ1) is 14.7. The van der Waals surface area contributed by atoms with Gasteiger partial charge in [-0.3, -0.25) is 4.79 Å². The van der Waals surface area contributed by atoms with Gasteiger partial charge in [-0.15, -0.1) is 11.3 Å². The smallest absolute Gasteiger partial charge is 0.303 e. The molecular formula is C12H17BrO3S. The predicted molar refractivity (Wildman–Crippen MR) is 72.4 cm³/mol. The van der Waals surface area contributed by atoms with Crippen molar-refractivity contribution in [1.29, 1.82) is 0 Å². The molecule has 3 nitrogen and oxygen atoms in total. The number of thiophene rings is 1. The Kier molecular flexibility index (Phi) is 4.75. The normalized spacial score (nSPS) is 13.7. The van der Waals surface area contributed by atoms with Crippen LogP contribution in [0.1, 0.15) is 43.2 Å². The molecule has 5 heteroatoms. The largest absolute Gasteiger partial charge is 0.481 e. The minimum Gasteiger partial charge on any atom is -0.481 e. The maximum atomic E-state index is 10.7. The predicted octanol–water partition coefficient (Wildman–Crippen LogP) is 3.74. The number of aliphatic hydroxyl groups is 1. The molecule has 2 N–H and O–H groups in total. The lowest BCUT2D eigenvalue weighted by molar-refractivity contribution is -0.139. The van der Waals surface area contributed by atoms with E-state index in [4.69, 9.17) is 5.11 Å². The highest BCUT2D eigenvalue weighted by Crippen LogP contribution is 2.37. The Hall–Kier alpha value is -0.390. The number of aliphatic hydroxyl groups excluding tert-OH is 1. The minimum atomic E-state index is -0.828. The van der Waals surface area contributed by atoms with Gasteiger partial charge in [0.1, 0.15) is 0 Å². The molecule has 0 amide bonds. The Bertz CT molecular complexity index is 412. The van der Waals surface area contributed by atoms with Gasteiger partial charge >= 0.3 is 5.97 Å². The molecular weight excluding hydrogens is 304 g/mol. The number of carboxylic acids is 1. The standard InChI is InChI=1S/C12H17BrO3S/c1-7-8(4-10(13)17-7)9(14)5-12(2,3)6-11(15)16/h4,9,14H,5-6H2,1-3H3,(H,15,16). The van der Waals surface area contributed by atoms with E-state index < -0.39 is 17.5 Å². The molecule has 0 aliphatic heterocycles. The van der Waals surface area contributed by atoms with Gasteiger partial charge in [-0.2, -0.15) is 0 Å². The zero-order chi connectivity index (χ0) is 13.2. The maximum absolute atomic E-state index is 10.7. The van der Waals surface area contributed by atoms with Crippen LogP contribution in [0.4, 0.5) is 0 Å². The highest BCUT2D eigenvalue weighted by atomic mass is 79.9. The van der Waals surface area contributed by atoms with Crippen LogP contribution >= 0.6 is 27.3 Å². The van der Waals surface area contributed by atoms with Crippen molar-refractivity contribution in [2.45, 2.75) is 39.7 Å². The van der Waals surface area contributed by atoms with Gasteiger partial charge in [0, 0.05) is 4.88 Å². The van der Waals surface area contributed by atoms with E-state index in [-0.39, 0.29) is 6.42 Å². The minimum absolute atomic E-state index is 0.0639. The lowest BCUT2D eigenvalue weighted by Crippen LogP contribution is -2.20. The quantitative estimate of drug-likeness (QED) is 0.868. The van der Waals surface area contributed by atoms with Gasteiger partial charge in [0.05, 0.1) is 16.3 Å². The molecule has 0 aliphatic rings. The van der Waals surface area contributed by atoms with E-state index in [1.807, 2.05) is 26.8 Å². The van der Waals surface area contributed by atoms with Crippen LogP contribution in [0.5, 0.6) is 0 Å². The van der Waals surface area contributed by atoms with Crippen molar-refractivity contribution in [3.8, 4) is 0 Å². The summed E-state index contributed by atoms with van der Waals surface area (Å²) in [5.41, 5.74) is 0.479. The fourth-order valence-corrected chi connectivity index (χ4v) is 3.67. The second-order valence-corrected chi connectivity index (χ2v) is 7.65.